The van der Waals surface area contributed by atoms with Crippen molar-refractivity contribution in [3.63, 3.8) is 0 Å². The normalized spacial score (nSPS) is 10.4. The number of nitrogens with one attached hydrogen (secondary N) is 1. The van der Waals surface area contributed by atoms with Crippen LogP contribution in [0.15, 0.2) is 6.07 Å². The van der Waals surface area contributed by atoms with Crippen LogP contribution in [0.3, 0.4) is 0 Å². The first-order valence-electron chi connectivity index (χ1n) is 7.07. The van der Waals surface area contributed by atoms with E-state index in [0.29, 0.717) is 24.7 Å². The number of nitriles is 1. The smallest absolute Gasteiger partial charge is 0.145 e. The molecule has 0 fully saturated rings. The van der Waals surface area contributed by atoms with Crippen LogP contribution >= 0.6 is 0 Å². The van der Waals surface area contributed by atoms with Gasteiger partial charge in [0.15, 0.2) is 0 Å². The molecule has 0 aromatic carbocycles. The number of aromatic nitrogens is 2. The molecule has 1 rings (SSSR count). The summed E-state index contributed by atoms with van der Waals surface area (Å²) >= 11 is 0. The molecule has 1 heterocycles. The van der Waals surface area contributed by atoms with Gasteiger partial charge in [-0.25, -0.2) is 15.8 Å². The zero-order valence-electron chi connectivity index (χ0n) is 12.6. The average Bonchev–Trinajstić information content (AvgIpc) is 2.43. The molecule has 0 bridgehead atoms. The number of nitrogen functional groups attached to an aromatic ring is 1. The number of nitrogens with two attached hydrogens (primary N) is 1. The molecule has 1 aromatic rings. The monoisotopic (exact) mass is 276 g/mol. The van der Waals surface area contributed by atoms with Crippen molar-refractivity contribution in [3.8, 4) is 6.07 Å². The fraction of sp³-hybridized carbons (Fsp3) is 0.643. The summed E-state index contributed by atoms with van der Waals surface area (Å²) in [7, 11) is 0. The molecule has 0 saturated heterocycles. The number of hydrogen-bond donors (Lipinski definition) is 2. The van der Waals surface area contributed by atoms with Crippen LogP contribution in [0.25, 0.3) is 0 Å². The Bertz CT molecular complexity index is 451. The van der Waals surface area contributed by atoms with Gasteiger partial charge in [0.25, 0.3) is 0 Å². The molecule has 1 aromatic heterocycles. The molecule has 0 spiro atoms. The number of aryl methyl sites for hydroxylation is 1. The Hall–Kier alpha value is -1.87. The summed E-state index contributed by atoms with van der Waals surface area (Å²) in [6.07, 6.45) is 2.28. The van der Waals surface area contributed by atoms with Crippen LogP contribution in [0.1, 0.15) is 39.4 Å². The summed E-state index contributed by atoms with van der Waals surface area (Å²) in [6, 6.07) is 4.02. The maximum absolute atomic E-state index is 8.79. The second-order valence-electron chi connectivity index (χ2n) is 5.17. The topological polar surface area (TPSA) is 90.9 Å². The Labute approximate surface area is 121 Å². The molecule has 20 heavy (non-hydrogen) atoms. The largest absolute Gasteiger partial charge is 0.355 e. The highest BCUT2D eigenvalue weighted by Gasteiger charge is 2.12. The zero-order valence-corrected chi connectivity index (χ0v) is 12.6. The van der Waals surface area contributed by atoms with Gasteiger partial charge in [0.05, 0.1) is 12.5 Å². The highest BCUT2D eigenvalue weighted by atomic mass is 15.3. The third-order valence-corrected chi connectivity index (χ3v) is 2.78. The number of anilines is 2. The van der Waals surface area contributed by atoms with E-state index in [1.807, 2.05) is 6.07 Å². The van der Waals surface area contributed by atoms with E-state index in [9.17, 15) is 0 Å². The molecular formula is C14H24N6. The lowest BCUT2D eigenvalue weighted by atomic mass is 10.2. The fourth-order valence-corrected chi connectivity index (χ4v) is 1.98. The van der Waals surface area contributed by atoms with Crippen molar-refractivity contribution in [3.05, 3.63) is 11.9 Å². The molecule has 0 aliphatic rings. The van der Waals surface area contributed by atoms with Crippen LogP contribution in [0.4, 0.5) is 11.6 Å². The van der Waals surface area contributed by atoms with Crippen LogP contribution < -0.4 is 16.2 Å². The number of hydrazine groups is 1. The Balaban J connectivity index is 3.03. The Morgan fingerprint density at radius 2 is 2.20 bits per heavy atom. The van der Waals surface area contributed by atoms with E-state index >= 15 is 0 Å². The molecule has 110 valence electrons. The van der Waals surface area contributed by atoms with Crippen molar-refractivity contribution >= 4 is 11.6 Å². The first kappa shape index (κ1) is 16.2. The lowest BCUT2D eigenvalue weighted by Gasteiger charge is -2.25. The van der Waals surface area contributed by atoms with E-state index in [1.165, 1.54) is 0 Å². The van der Waals surface area contributed by atoms with Gasteiger partial charge in [-0.15, -0.1) is 0 Å². The molecule has 0 saturated carbocycles. The minimum atomic E-state index is 0.477. The van der Waals surface area contributed by atoms with E-state index in [4.69, 9.17) is 11.1 Å². The van der Waals surface area contributed by atoms with Crippen LogP contribution in [0.2, 0.25) is 0 Å². The quantitative estimate of drug-likeness (QED) is 0.558. The summed E-state index contributed by atoms with van der Waals surface area (Å²) in [4.78, 5) is 11.1. The maximum Gasteiger partial charge on any atom is 0.145 e. The predicted octanol–water partition coefficient (Wildman–Crippen LogP) is 2.09. The minimum Gasteiger partial charge on any atom is -0.355 e. The first-order chi connectivity index (χ1) is 9.60. The fourth-order valence-electron chi connectivity index (χ4n) is 1.98. The van der Waals surface area contributed by atoms with E-state index in [1.54, 1.807) is 0 Å². The van der Waals surface area contributed by atoms with E-state index in [-0.39, 0.29) is 0 Å². The average molecular weight is 276 g/mol. The number of rotatable bonds is 8. The SMILES string of the molecule is CCCc1nc(NN)cc(N(CCC#N)CC(C)C)n1. The maximum atomic E-state index is 8.79. The van der Waals surface area contributed by atoms with E-state index in [2.05, 4.69) is 47.1 Å². The van der Waals surface area contributed by atoms with Gasteiger partial charge >= 0.3 is 0 Å². The molecule has 6 heteroatoms. The van der Waals surface area contributed by atoms with Crippen molar-refractivity contribution in [2.45, 2.75) is 40.0 Å². The molecule has 0 atom stereocenters. The van der Waals surface area contributed by atoms with Crippen molar-refractivity contribution < 1.29 is 0 Å². The molecule has 0 aliphatic heterocycles. The summed E-state index contributed by atoms with van der Waals surface area (Å²) in [5.74, 6) is 8.20. The summed E-state index contributed by atoms with van der Waals surface area (Å²) in [5.41, 5.74) is 2.59. The van der Waals surface area contributed by atoms with E-state index < -0.39 is 0 Å². The molecule has 0 radical (unpaired) electrons. The molecular weight excluding hydrogens is 252 g/mol. The van der Waals surface area contributed by atoms with Crippen LogP contribution in [-0.2, 0) is 6.42 Å². The van der Waals surface area contributed by atoms with Crippen molar-refractivity contribution in [2.75, 3.05) is 23.4 Å². The second-order valence-corrected chi connectivity index (χ2v) is 5.17. The highest BCUT2D eigenvalue weighted by molar-refractivity contribution is 5.49. The van der Waals surface area contributed by atoms with Crippen LogP contribution in [0.5, 0.6) is 0 Å². The van der Waals surface area contributed by atoms with Crippen molar-refractivity contribution in [1.29, 1.82) is 5.26 Å². The number of hydrogen-bond acceptors (Lipinski definition) is 6. The third-order valence-electron chi connectivity index (χ3n) is 2.78. The molecule has 0 unspecified atom stereocenters. The van der Waals surface area contributed by atoms with Crippen LogP contribution in [-0.4, -0.2) is 23.1 Å². The summed E-state index contributed by atoms with van der Waals surface area (Å²) in [6.45, 7) is 7.91. The first-order valence-corrected chi connectivity index (χ1v) is 7.07. The summed E-state index contributed by atoms with van der Waals surface area (Å²) < 4.78 is 0. The van der Waals surface area contributed by atoms with Gasteiger partial charge in [-0.3, -0.25) is 0 Å². The van der Waals surface area contributed by atoms with Gasteiger partial charge in [0.1, 0.15) is 17.5 Å². The van der Waals surface area contributed by atoms with Gasteiger partial charge in [-0.05, 0) is 12.3 Å². The highest BCUT2D eigenvalue weighted by Crippen LogP contribution is 2.18. The van der Waals surface area contributed by atoms with Gasteiger partial charge in [-0.1, -0.05) is 20.8 Å². The molecule has 0 aliphatic carbocycles. The lowest BCUT2D eigenvalue weighted by Crippen LogP contribution is -2.30. The van der Waals surface area contributed by atoms with Gasteiger partial charge in [0, 0.05) is 25.6 Å². The van der Waals surface area contributed by atoms with Crippen molar-refractivity contribution in [2.24, 2.45) is 11.8 Å². The molecule has 6 nitrogen and oxygen atoms in total. The standard InChI is InChI=1S/C14H24N6/c1-4-6-12-17-13(19-16)9-14(18-12)20(8-5-7-15)10-11(2)3/h9,11H,4-6,8,10,16H2,1-3H3,(H,17,18,19). The minimum absolute atomic E-state index is 0.477. The number of nitrogens with zero attached hydrogens (tertiary/aromatic N) is 4. The van der Waals surface area contributed by atoms with Crippen molar-refractivity contribution in [1.82, 2.24) is 9.97 Å². The third kappa shape index (κ3) is 5.02. The Kier molecular flexibility index (Phi) is 6.74. The Morgan fingerprint density at radius 3 is 2.75 bits per heavy atom. The second kappa shape index (κ2) is 8.33. The van der Waals surface area contributed by atoms with Gasteiger partial charge in [0.2, 0.25) is 0 Å². The zero-order chi connectivity index (χ0) is 15.0. The van der Waals surface area contributed by atoms with Crippen LogP contribution in [0, 0.1) is 17.2 Å². The lowest BCUT2D eigenvalue weighted by molar-refractivity contribution is 0.606. The summed E-state index contributed by atoms with van der Waals surface area (Å²) in [5, 5.41) is 8.79. The molecule has 0 amide bonds. The predicted molar refractivity (Wildman–Crippen MR) is 81.1 cm³/mol. The van der Waals surface area contributed by atoms with Gasteiger partial charge < -0.3 is 10.3 Å². The van der Waals surface area contributed by atoms with Gasteiger partial charge in [-0.2, -0.15) is 5.26 Å². The van der Waals surface area contributed by atoms with E-state index in [0.717, 1.165) is 31.0 Å². The Morgan fingerprint density at radius 1 is 1.45 bits per heavy atom. The molecule has 3 N–H and O–H groups in total.